The van der Waals surface area contributed by atoms with Crippen molar-refractivity contribution in [2.24, 2.45) is 7.05 Å². The highest BCUT2D eigenvalue weighted by atomic mass is 35.5. The van der Waals surface area contributed by atoms with Crippen LogP contribution in [0.3, 0.4) is 0 Å². The molecule has 0 atom stereocenters. The molecule has 0 N–H and O–H groups in total. The van der Waals surface area contributed by atoms with Crippen LogP contribution >= 0.6 is 11.6 Å². The summed E-state index contributed by atoms with van der Waals surface area (Å²) in [6.07, 6.45) is 2.35. The highest BCUT2D eigenvalue weighted by Gasteiger charge is 2.05. The van der Waals surface area contributed by atoms with Crippen LogP contribution in [-0.4, -0.2) is 15.8 Å². The number of aromatic nitrogens is 2. The molecule has 0 radical (unpaired) electrons. The molecular formula is C12H11ClN2O2. The molecule has 2 aromatic rings. The number of carbonyl (C=O) groups is 1. The van der Waals surface area contributed by atoms with E-state index >= 15 is 0 Å². The first-order valence-electron chi connectivity index (χ1n) is 5.05. The van der Waals surface area contributed by atoms with Crippen LogP contribution in [0.15, 0.2) is 30.5 Å². The highest BCUT2D eigenvalue weighted by Crippen LogP contribution is 2.15. The fourth-order valence-corrected chi connectivity index (χ4v) is 1.53. The van der Waals surface area contributed by atoms with Crippen molar-refractivity contribution in [3.8, 4) is 5.75 Å². The average molecular weight is 251 g/mol. The zero-order valence-corrected chi connectivity index (χ0v) is 10.0. The summed E-state index contributed by atoms with van der Waals surface area (Å²) in [6.45, 7) is 0.311. The van der Waals surface area contributed by atoms with Gasteiger partial charge >= 0.3 is 0 Å². The van der Waals surface area contributed by atoms with E-state index in [0.29, 0.717) is 23.1 Å². The van der Waals surface area contributed by atoms with E-state index in [1.165, 1.54) is 0 Å². The minimum absolute atomic E-state index is 0.311. The SMILES string of the molecule is Cn1c(Cl)cnc1COc1cccc(C=O)c1. The lowest BCUT2D eigenvalue weighted by Gasteiger charge is -2.06. The summed E-state index contributed by atoms with van der Waals surface area (Å²) in [6, 6.07) is 6.96. The molecule has 0 bridgehead atoms. The van der Waals surface area contributed by atoms with Gasteiger partial charge in [0.15, 0.2) is 0 Å². The maximum absolute atomic E-state index is 10.6. The Kier molecular flexibility index (Phi) is 3.44. The van der Waals surface area contributed by atoms with Crippen LogP contribution in [0.5, 0.6) is 5.75 Å². The molecule has 1 aromatic carbocycles. The average Bonchev–Trinajstić information content (AvgIpc) is 2.68. The van der Waals surface area contributed by atoms with Crippen LogP contribution in [0.1, 0.15) is 16.2 Å². The predicted octanol–water partition coefficient (Wildman–Crippen LogP) is 2.47. The first-order valence-corrected chi connectivity index (χ1v) is 5.42. The van der Waals surface area contributed by atoms with Crippen LogP contribution in [0, 0.1) is 0 Å². The zero-order valence-electron chi connectivity index (χ0n) is 9.26. The fourth-order valence-electron chi connectivity index (χ4n) is 1.38. The van der Waals surface area contributed by atoms with Crippen molar-refractivity contribution < 1.29 is 9.53 Å². The summed E-state index contributed by atoms with van der Waals surface area (Å²) in [4.78, 5) is 14.7. The van der Waals surface area contributed by atoms with Gasteiger partial charge in [0.25, 0.3) is 0 Å². The lowest BCUT2D eigenvalue weighted by molar-refractivity contribution is 0.112. The lowest BCUT2D eigenvalue weighted by atomic mass is 10.2. The number of nitrogens with zero attached hydrogens (tertiary/aromatic N) is 2. The van der Waals surface area contributed by atoms with Gasteiger partial charge in [0.2, 0.25) is 0 Å². The van der Waals surface area contributed by atoms with Crippen LogP contribution < -0.4 is 4.74 Å². The van der Waals surface area contributed by atoms with Gasteiger partial charge in [-0.25, -0.2) is 4.98 Å². The van der Waals surface area contributed by atoms with Gasteiger partial charge in [0, 0.05) is 12.6 Å². The molecule has 88 valence electrons. The van der Waals surface area contributed by atoms with Gasteiger partial charge in [-0.3, -0.25) is 4.79 Å². The molecule has 1 heterocycles. The van der Waals surface area contributed by atoms with Crippen LogP contribution in [0.25, 0.3) is 0 Å². The molecule has 0 fully saturated rings. The molecule has 0 amide bonds. The first-order chi connectivity index (χ1) is 8.20. The first kappa shape index (κ1) is 11.7. The second-order valence-electron chi connectivity index (χ2n) is 3.54. The topological polar surface area (TPSA) is 44.1 Å². The van der Waals surface area contributed by atoms with Crippen LogP contribution in [-0.2, 0) is 13.7 Å². The third-order valence-electron chi connectivity index (χ3n) is 2.39. The van der Waals surface area contributed by atoms with Crippen LogP contribution in [0.2, 0.25) is 5.15 Å². The molecule has 0 unspecified atom stereocenters. The number of aldehydes is 1. The second kappa shape index (κ2) is 5.01. The number of hydrogen-bond acceptors (Lipinski definition) is 3. The van der Waals surface area contributed by atoms with Gasteiger partial charge in [0.1, 0.15) is 29.6 Å². The van der Waals surface area contributed by atoms with Crippen molar-refractivity contribution in [3.63, 3.8) is 0 Å². The standard InChI is InChI=1S/C12H11ClN2O2/c1-15-11(13)6-14-12(15)8-17-10-4-2-3-9(5-10)7-16/h2-7H,8H2,1H3. The Hall–Kier alpha value is -1.81. The molecule has 0 aliphatic heterocycles. The molecule has 0 spiro atoms. The quantitative estimate of drug-likeness (QED) is 0.783. The molecular weight excluding hydrogens is 240 g/mol. The smallest absolute Gasteiger partial charge is 0.150 e. The Bertz CT molecular complexity index is 537. The Morgan fingerprint density at radius 2 is 2.35 bits per heavy atom. The minimum Gasteiger partial charge on any atom is -0.486 e. The van der Waals surface area contributed by atoms with Gasteiger partial charge in [0.05, 0.1) is 6.20 Å². The monoisotopic (exact) mass is 250 g/mol. The number of halogens is 1. The maximum atomic E-state index is 10.6. The Balaban J connectivity index is 2.07. The van der Waals surface area contributed by atoms with E-state index in [0.717, 1.165) is 12.1 Å². The van der Waals surface area contributed by atoms with Crippen molar-refractivity contribution in [1.29, 1.82) is 0 Å². The predicted molar refractivity (Wildman–Crippen MR) is 64.4 cm³/mol. The molecule has 1 aromatic heterocycles. The van der Waals surface area contributed by atoms with E-state index in [1.54, 1.807) is 35.0 Å². The Morgan fingerprint density at radius 3 is 3.00 bits per heavy atom. The Morgan fingerprint density at radius 1 is 1.53 bits per heavy atom. The number of rotatable bonds is 4. The van der Waals surface area contributed by atoms with Crippen molar-refractivity contribution in [2.75, 3.05) is 0 Å². The minimum atomic E-state index is 0.311. The summed E-state index contributed by atoms with van der Waals surface area (Å²) < 4.78 is 7.27. The van der Waals surface area contributed by atoms with Crippen molar-refractivity contribution in [1.82, 2.24) is 9.55 Å². The second-order valence-corrected chi connectivity index (χ2v) is 3.92. The van der Waals surface area contributed by atoms with E-state index in [-0.39, 0.29) is 0 Å². The van der Waals surface area contributed by atoms with Gasteiger partial charge in [-0.05, 0) is 12.1 Å². The van der Waals surface area contributed by atoms with Crippen LogP contribution in [0.4, 0.5) is 0 Å². The van der Waals surface area contributed by atoms with Crippen molar-refractivity contribution in [3.05, 3.63) is 47.0 Å². The molecule has 4 nitrogen and oxygen atoms in total. The van der Waals surface area contributed by atoms with E-state index in [1.807, 2.05) is 7.05 Å². The van der Waals surface area contributed by atoms with Gasteiger partial charge in [-0.2, -0.15) is 0 Å². The van der Waals surface area contributed by atoms with Crippen molar-refractivity contribution in [2.45, 2.75) is 6.61 Å². The summed E-state index contributed by atoms with van der Waals surface area (Å²) in [5.74, 6) is 1.36. The highest BCUT2D eigenvalue weighted by molar-refractivity contribution is 6.29. The maximum Gasteiger partial charge on any atom is 0.150 e. The number of benzene rings is 1. The number of hydrogen-bond donors (Lipinski definition) is 0. The third-order valence-corrected chi connectivity index (χ3v) is 2.74. The summed E-state index contributed by atoms with van der Waals surface area (Å²) >= 11 is 5.86. The summed E-state index contributed by atoms with van der Waals surface area (Å²) in [7, 11) is 1.82. The molecule has 0 aliphatic carbocycles. The molecule has 0 aliphatic rings. The molecule has 0 saturated carbocycles. The molecule has 2 rings (SSSR count). The van der Waals surface area contributed by atoms with E-state index < -0.39 is 0 Å². The molecule has 0 saturated heterocycles. The fraction of sp³-hybridized carbons (Fsp3) is 0.167. The van der Waals surface area contributed by atoms with Gasteiger partial charge in [-0.1, -0.05) is 23.7 Å². The molecule has 17 heavy (non-hydrogen) atoms. The number of carbonyl (C=O) groups excluding carboxylic acids is 1. The molecule has 5 heteroatoms. The van der Waals surface area contributed by atoms with E-state index in [2.05, 4.69) is 4.98 Å². The summed E-state index contributed by atoms with van der Waals surface area (Å²) in [5, 5.41) is 0.560. The van der Waals surface area contributed by atoms with Gasteiger partial charge in [-0.15, -0.1) is 0 Å². The Labute approximate surface area is 104 Å². The number of imidazole rings is 1. The number of ether oxygens (including phenoxy) is 1. The van der Waals surface area contributed by atoms with Gasteiger partial charge < -0.3 is 9.30 Å². The third kappa shape index (κ3) is 2.65. The van der Waals surface area contributed by atoms with E-state index in [4.69, 9.17) is 16.3 Å². The normalized spacial score (nSPS) is 10.2. The summed E-state index contributed by atoms with van der Waals surface area (Å²) in [5.41, 5.74) is 0.584. The zero-order chi connectivity index (χ0) is 12.3. The van der Waals surface area contributed by atoms with Crippen molar-refractivity contribution >= 4 is 17.9 Å². The van der Waals surface area contributed by atoms with E-state index in [9.17, 15) is 4.79 Å². The lowest BCUT2D eigenvalue weighted by Crippen LogP contribution is -2.03. The largest absolute Gasteiger partial charge is 0.486 e.